The van der Waals surface area contributed by atoms with Gasteiger partial charge in [-0.25, -0.2) is 0 Å². The quantitative estimate of drug-likeness (QED) is 0.734. The molecule has 0 bridgehead atoms. The average Bonchev–Trinajstić information content (AvgIpc) is 2.90. The number of hydrogen-bond donors (Lipinski definition) is 0. The van der Waals surface area contributed by atoms with Gasteiger partial charge in [-0.1, -0.05) is 12.1 Å². The van der Waals surface area contributed by atoms with Gasteiger partial charge in [0.25, 0.3) is 0 Å². The predicted molar refractivity (Wildman–Crippen MR) is 73.4 cm³/mol. The summed E-state index contributed by atoms with van der Waals surface area (Å²) < 4.78 is 10.5. The Morgan fingerprint density at radius 1 is 1.28 bits per heavy atom. The largest absolute Gasteiger partial charge is 0.497 e. The van der Waals surface area contributed by atoms with Gasteiger partial charge in [-0.15, -0.1) is 11.6 Å². The Balaban J connectivity index is 1.84. The van der Waals surface area contributed by atoms with Crippen molar-refractivity contribution >= 4 is 11.6 Å². The van der Waals surface area contributed by atoms with E-state index >= 15 is 0 Å². The summed E-state index contributed by atoms with van der Waals surface area (Å²) in [6.07, 6.45) is 4.33. The molecule has 96 valence electrons. The van der Waals surface area contributed by atoms with Crippen LogP contribution in [0.15, 0.2) is 47.1 Å². The summed E-state index contributed by atoms with van der Waals surface area (Å²) in [7, 11) is 1.67. The second kappa shape index (κ2) is 6.50. The topological polar surface area (TPSA) is 22.4 Å². The molecule has 0 spiro atoms. The number of ether oxygens (including phenoxy) is 1. The van der Waals surface area contributed by atoms with Crippen molar-refractivity contribution in [2.45, 2.75) is 24.6 Å². The van der Waals surface area contributed by atoms with E-state index in [0.717, 1.165) is 30.8 Å². The van der Waals surface area contributed by atoms with E-state index in [1.807, 2.05) is 30.3 Å². The molecule has 1 aromatic heterocycles. The lowest BCUT2D eigenvalue weighted by Crippen LogP contribution is -2.05. The Labute approximate surface area is 113 Å². The van der Waals surface area contributed by atoms with Gasteiger partial charge in [0.15, 0.2) is 0 Å². The summed E-state index contributed by atoms with van der Waals surface area (Å²) in [6.45, 7) is 0. The summed E-state index contributed by atoms with van der Waals surface area (Å²) in [6, 6.07) is 11.9. The second-order valence-electron chi connectivity index (χ2n) is 4.27. The first-order chi connectivity index (χ1) is 8.78. The molecule has 0 aliphatic heterocycles. The second-order valence-corrected chi connectivity index (χ2v) is 4.89. The molecule has 0 aliphatic rings. The lowest BCUT2D eigenvalue weighted by atomic mass is 10.1. The molecule has 0 saturated heterocycles. The van der Waals surface area contributed by atoms with Gasteiger partial charge in [-0.05, 0) is 42.7 Å². The van der Waals surface area contributed by atoms with Crippen molar-refractivity contribution in [3.8, 4) is 5.75 Å². The van der Waals surface area contributed by atoms with Gasteiger partial charge in [0, 0.05) is 11.8 Å². The van der Waals surface area contributed by atoms with Crippen LogP contribution in [0.1, 0.15) is 17.7 Å². The first kappa shape index (κ1) is 13.0. The van der Waals surface area contributed by atoms with E-state index in [0.29, 0.717) is 0 Å². The lowest BCUT2D eigenvalue weighted by molar-refractivity contribution is 0.414. The normalized spacial score (nSPS) is 12.3. The highest BCUT2D eigenvalue weighted by atomic mass is 35.5. The zero-order chi connectivity index (χ0) is 12.8. The van der Waals surface area contributed by atoms with Gasteiger partial charge in [-0.3, -0.25) is 0 Å². The maximum Gasteiger partial charge on any atom is 0.119 e. The highest BCUT2D eigenvalue weighted by molar-refractivity contribution is 6.20. The lowest BCUT2D eigenvalue weighted by Gasteiger charge is -2.09. The Kier molecular flexibility index (Phi) is 4.71. The fraction of sp³-hybridized carbons (Fsp3) is 0.333. The maximum absolute atomic E-state index is 6.35. The van der Waals surface area contributed by atoms with Crippen LogP contribution < -0.4 is 4.74 Å². The molecule has 1 aromatic carbocycles. The van der Waals surface area contributed by atoms with Gasteiger partial charge >= 0.3 is 0 Å². The van der Waals surface area contributed by atoms with E-state index in [2.05, 4.69) is 6.07 Å². The number of furan rings is 1. The summed E-state index contributed by atoms with van der Waals surface area (Å²) in [5, 5.41) is 0.113. The number of hydrogen-bond acceptors (Lipinski definition) is 2. The molecule has 3 heteroatoms. The van der Waals surface area contributed by atoms with Crippen molar-refractivity contribution < 1.29 is 9.15 Å². The molecular weight excluding hydrogens is 248 g/mol. The molecule has 0 fully saturated rings. The summed E-state index contributed by atoms with van der Waals surface area (Å²) in [5.41, 5.74) is 1.20. The Bertz CT molecular complexity index is 465. The molecule has 2 aromatic rings. The van der Waals surface area contributed by atoms with Gasteiger partial charge in [0.2, 0.25) is 0 Å². The summed E-state index contributed by atoms with van der Waals surface area (Å²) in [5.74, 6) is 1.87. The standard InChI is InChI=1S/C15H17ClO2/c1-17-15-5-2-4-12(11-15)10-13(16)7-8-14-6-3-9-18-14/h2-6,9,11,13H,7-8,10H2,1H3. The number of halogens is 1. The van der Waals surface area contributed by atoms with Gasteiger partial charge in [0.1, 0.15) is 11.5 Å². The monoisotopic (exact) mass is 264 g/mol. The third kappa shape index (κ3) is 3.81. The van der Waals surface area contributed by atoms with E-state index in [4.69, 9.17) is 20.8 Å². The van der Waals surface area contributed by atoms with Crippen LogP contribution in [-0.2, 0) is 12.8 Å². The molecule has 1 heterocycles. The molecule has 2 nitrogen and oxygen atoms in total. The molecule has 1 unspecified atom stereocenters. The van der Waals surface area contributed by atoms with E-state index in [1.165, 1.54) is 5.56 Å². The van der Waals surface area contributed by atoms with Gasteiger partial charge < -0.3 is 9.15 Å². The van der Waals surface area contributed by atoms with Crippen LogP contribution in [0.2, 0.25) is 0 Å². The molecule has 0 amide bonds. The maximum atomic E-state index is 6.35. The average molecular weight is 265 g/mol. The first-order valence-electron chi connectivity index (χ1n) is 6.07. The van der Waals surface area contributed by atoms with Crippen molar-refractivity contribution in [1.82, 2.24) is 0 Å². The number of aryl methyl sites for hydroxylation is 1. The number of alkyl halides is 1. The summed E-state index contributed by atoms with van der Waals surface area (Å²) >= 11 is 6.35. The Hall–Kier alpha value is -1.41. The Morgan fingerprint density at radius 3 is 2.89 bits per heavy atom. The van der Waals surface area contributed by atoms with Crippen LogP contribution in [0.5, 0.6) is 5.75 Å². The zero-order valence-electron chi connectivity index (χ0n) is 10.4. The van der Waals surface area contributed by atoms with Gasteiger partial charge in [-0.2, -0.15) is 0 Å². The highest BCUT2D eigenvalue weighted by Gasteiger charge is 2.08. The number of methoxy groups -OCH3 is 1. The zero-order valence-corrected chi connectivity index (χ0v) is 11.2. The molecule has 0 saturated carbocycles. The number of rotatable bonds is 6. The molecule has 0 radical (unpaired) electrons. The SMILES string of the molecule is COc1cccc(CC(Cl)CCc2ccco2)c1. The molecule has 0 N–H and O–H groups in total. The van der Waals surface area contributed by atoms with Crippen molar-refractivity contribution in [3.05, 3.63) is 54.0 Å². The van der Waals surface area contributed by atoms with E-state index in [-0.39, 0.29) is 5.38 Å². The smallest absolute Gasteiger partial charge is 0.119 e. The fourth-order valence-electron chi connectivity index (χ4n) is 1.91. The van der Waals surface area contributed by atoms with Crippen LogP contribution >= 0.6 is 11.6 Å². The minimum Gasteiger partial charge on any atom is -0.497 e. The van der Waals surface area contributed by atoms with Crippen LogP contribution in [0.4, 0.5) is 0 Å². The highest BCUT2D eigenvalue weighted by Crippen LogP contribution is 2.18. The molecular formula is C15H17ClO2. The van der Waals surface area contributed by atoms with Crippen LogP contribution in [0.3, 0.4) is 0 Å². The molecule has 1 atom stereocenters. The third-order valence-electron chi connectivity index (χ3n) is 2.88. The van der Waals surface area contributed by atoms with E-state index in [1.54, 1.807) is 13.4 Å². The van der Waals surface area contributed by atoms with Crippen LogP contribution in [-0.4, -0.2) is 12.5 Å². The molecule has 18 heavy (non-hydrogen) atoms. The summed E-state index contributed by atoms with van der Waals surface area (Å²) in [4.78, 5) is 0. The van der Waals surface area contributed by atoms with Crippen molar-refractivity contribution in [2.75, 3.05) is 7.11 Å². The van der Waals surface area contributed by atoms with Crippen LogP contribution in [0, 0.1) is 0 Å². The minimum absolute atomic E-state index is 0.113. The van der Waals surface area contributed by atoms with E-state index in [9.17, 15) is 0 Å². The minimum atomic E-state index is 0.113. The fourth-order valence-corrected chi connectivity index (χ4v) is 2.20. The molecule has 2 rings (SSSR count). The van der Waals surface area contributed by atoms with Crippen molar-refractivity contribution in [3.63, 3.8) is 0 Å². The third-order valence-corrected chi connectivity index (χ3v) is 3.25. The predicted octanol–water partition coefficient (Wildman–Crippen LogP) is 4.07. The van der Waals surface area contributed by atoms with Gasteiger partial charge in [0.05, 0.1) is 13.4 Å². The van der Waals surface area contributed by atoms with Crippen LogP contribution in [0.25, 0.3) is 0 Å². The molecule has 0 aliphatic carbocycles. The first-order valence-corrected chi connectivity index (χ1v) is 6.51. The van der Waals surface area contributed by atoms with Crippen molar-refractivity contribution in [1.29, 1.82) is 0 Å². The van der Waals surface area contributed by atoms with Crippen molar-refractivity contribution in [2.24, 2.45) is 0 Å². The Morgan fingerprint density at radius 2 is 2.17 bits per heavy atom. The van der Waals surface area contributed by atoms with E-state index < -0.39 is 0 Å². The number of benzene rings is 1.